The molecule has 0 spiro atoms. The number of benzene rings is 1. The van der Waals surface area contributed by atoms with Gasteiger partial charge in [0.15, 0.2) is 0 Å². The zero-order valence-corrected chi connectivity index (χ0v) is 11.8. The van der Waals surface area contributed by atoms with Gasteiger partial charge in [-0.05, 0) is 37.5 Å². The van der Waals surface area contributed by atoms with Gasteiger partial charge in [0.2, 0.25) is 5.91 Å². The molecule has 5 heteroatoms. The van der Waals surface area contributed by atoms with Crippen molar-refractivity contribution in [2.45, 2.75) is 31.9 Å². The van der Waals surface area contributed by atoms with Crippen molar-refractivity contribution in [1.82, 2.24) is 4.90 Å². The molecule has 1 fully saturated rings. The fraction of sp³-hybridized carbons (Fsp3) is 0.533. The van der Waals surface area contributed by atoms with E-state index in [0.29, 0.717) is 26.1 Å². The van der Waals surface area contributed by atoms with Crippen LogP contribution in [0.15, 0.2) is 24.3 Å². The summed E-state index contributed by atoms with van der Waals surface area (Å²) in [4.78, 5) is 14.2. The van der Waals surface area contributed by atoms with Gasteiger partial charge in [-0.3, -0.25) is 4.79 Å². The molecule has 20 heavy (non-hydrogen) atoms. The highest BCUT2D eigenvalue weighted by molar-refractivity contribution is 5.82. The summed E-state index contributed by atoms with van der Waals surface area (Å²) in [6.07, 6.45) is 1.38. The van der Waals surface area contributed by atoms with E-state index in [2.05, 4.69) is 0 Å². The van der Waals surface area contributed by atoms with Crippen molar-refractivity contribution < 1.29 is 14.6 Å². The normalized spacial score (nSPS) is 21.3. The van der Waals surface area contributed by atoms with E-state index >= 15 is 0 Å². The van der Waals surface area contributed by atoms with Crippen molar-refractivity contribution in [3.63, 3.8) is 0 Å². The lowest BCUT2D eigenvalue weighted by atomic mass is 10.1. The summed E-state index contributed by atoms with van der Waals surface area (Å²) >= 11 is 0. The molecule has 1 saturated heterocycles. The molecule has 110 valence electrons. The summed E-state index contributed by atoms with van der Waals surface area (Å²) in [7, 11) is 0. The van der Waals surface area contributed by atoms with Crippen molar-refractivity contribution in [1.29, 1.82) is 0 Å². The van der Waals surface area contributed by atoms with E-state index in [1.54, 1.807) is 29.2 Å². The van der Waals surface area contributed by atoms with Gasteiger partial charge in [0.25, 0.3) is 0 Å². The standard InChI is InChI=1S/C15H22N2O3/c1-11-10-17(7-2-8-20-11)15(19)14(16)9-12-3-5-13(18)6-4-12/h3-6,11,14,18H,2,7-10,16H2,1H3/t11?,14-/m1/s1. The maximum Gasteiger partial charge on any atom is 0.239 e. The Morgan fingerprint density at radius 2 is 2.20 bits per heavy atom. The lowest BCUT2D eigenvalue weighted by Gasteiger charge is -2.25. The van der Waals surface area contributed by atoms with E-state index in [1.807, 2.05) is 6.92 Å². The molecule has 2 atom stereocenters. The van der Waals surface area contributed by atoms with Gasteiger partial charge in [0.1, 0.15) is 5.75 Å². The quantitative estimate of drug-likeness (QED) is 0.861. The number of aromatic hydroxyl groups is 1. The van der Waals surface area contributed by atoms with Crippen molar-refractivity contribution in [3.8, 4) is 5.75 Å². The number of nitrogens with two attached hydrogens (primary N) is 1. The highest BCUT2D eigenvalue weighted by Gasteiger charge is 2.24. The second-order valence-corrected chi connectivity index (χ2v) is 5.30. The van der Waals surface area contributed by atoms with Crippen molar-refractivity contribution >= 4 is 5.91 Å². The molecule has 0 aromatic heterocycles. The van der Waals surface area contributed by atoms with Crippen LogP contribution in [0.3, 0.4) is 0 Å². The molecule has 1 aromatic carbocycles. The van der Waals surface area contributed by atoms with Gasteiger partial charge in [-0.15, -0.1) is 0 Å². The number of carbonyl (C=O) groups is 1. The van der Waals surface area contributed by atoms with Gasteiger partial charge >= 0.3 is 0 Å². The number of phenols is 1. The number of amides is 1. The fourth-order valence-corrected chi connectivity index (χ4v) is 2.40. The summed E-state index contributed by atoms with van der Waals surface area (Å²) in [6, 6.07) is 6.24. The van der Waals surface area contributed by atoms with E-state index in [9.17, 15) is 9.90 Å². The molecule has 0 aliphatic carbocycles. The highest BCUT2D eigenvalue weighted by atomic mass is 16.5. The molecule has 1 aliphatic rings. The zero-order chi connectivity index (χ0) is 14.5. The van der Waals surface area contributed by atoms with Crippen LogP contribution in [-0.4, -0.2) is 47.8 Å². The van der Waals surface area contributed by atoms with Crippen LogP contribution in [0.2, 0.25) is 0 Å². The molecule has 0 saturated carbocycles. The third kappa shape index (κ3) is 3.95. The van der Waals surface area contributed by atoms with Gasteiger partial charge < -0.3 is 20.5 Å². The molecule has 1 aromatic rings. The van der Waals surface area contributed by atoms with Gasteiger partial charge in [-0.25, -0.2) is 0 Å². The Bertz CT molecular complexity index is 447. The van der Waals surface area contributed by atoms with E-state index in [-0.39, 0.29) is 17.8 Å². The topological polar surface area (TPSA) is 75.8 Å². The van der Waals surface area contributed by atoms with Crippen molar-refractivity contribution in [2.75, 3.05) is 19.7 Å². The molecule has 1 unspecified atom stereocenters. The van der Waals surface area contributed by atoms with Crippen molar-refractivity contribution in [3.05, 3.63) is 29.8 Å². The van der Waals surface area contributed by atoms with Crippen molar-refractivity contribution in [2.24, 2.45) is 5.73 Å². The van der Waals surface area contributed by atoms with Crippen LogP contribution in [-0.2, 0) is 16.0 Å². The first-order valence-corrected chi connectivity index (χ1v) is 7.00. The molecule has 0 bridgehead atoms. The van der Waals surface area contributed by atoms with E-state index in [4.69, 9.17) is 10.5 Å². The number of rotatable bonds is 3. The van der Waals surface area contributed by atoms with Crippen LogP contribution >= 0.6 is 0 Å². The first kappa shape index (κ1) is 14.8. The zero-order valence-electron chi connectivity index (χ0n) is 11.8. The molecule has 3 N–H and O–H groups in total. The third-order valence-electron chi connectivity index (χ3n) is 3.47. The van der Waals surface area contributed by atoms with E-state index in [0.717, 1.165) is 12.0 Å². The number of hydrogen-bond donors (Lipinski definition) is 2. The first-order valence-electron chi connectivity index (χ1n) is 7.00. The van der Waals surface area contributed by atoms with Crippen LogP contribution in [0.25, 0.3) is 0 Å². The number of phenolic OH excluding ortho intramolecular Hbond substituents is 1. The minimum atomic E-state index is -0.551. The van der Waals surface area contributed by atoms with Crippen LogP contribution in [0.1, 0.15) is 18.9 Å². The Morgan fingerprint density at radius 3 is 2.90 bits per heavy atom. The van der Waals surface area contributed by atoms with Gasteiger partial charge in [-0.2, -0.15) is 0 Å². The molecule has 0 radical (unpaired) electrons. The van der Waals surface area contributed by atoms with Gasteiger partial charge in [-0.1, -0.05) is 12.1 Å². The maximum absolute atomic E-state index is 12.4. The summed E-state index contributed by atoms with van der Waals surface area (Å²) in [6.45, 7) is 3.96. The van der Waals surface area contributed by atoms with Crippen LogP contribution in [0.5, 0.6) is 5.75 Å². The summed E-state index contributed by atoms with van der Waals surface area (Å²) in [5.74, 6) is 0.183. The maximum atomic E-state index is 12.4. The molecular weight excluding hydrogens is 256 g/mol. The molecule has 1 aliphatic heterocycles. The molecular formula is C15H22N2O3. The number of hydrogen-bond acceptors (Lipinski definition) is 4. The lowest BCUT2D eigenvalue weighted by Crippen LogP contribution is -2.46. The second kappa shape index (κ2) is 6.72. The Kier molecular flexibility index (Phi) is 4.98. The average Bonchev–Trinajstić information content (AvgIpc) is 2.65. The Morgan fingerprint density at radius 1 is 1.50 bits per heavy atom. The van der Waals surface area contributed by atoms with Crippen LogP contribution < -0.4 is 5.73 Å². The monoisotopic (exact) mass is 278 g/mol. The smallest absolute Gasteiger partial charge is 0.239 e. The Balaban J connectivity index is 1.95. The minimum absolute atomic E-state index is 0.0320. The molecule has 5 nitrogen and oxygen atoms in total. The average molecular weight is 278 g/mol. The Labute approximate surface area is 119 Å². The van der Waals surface area contributed by atoms with Gasteiger partial charge in [0.05, 0.1) is 12.1 Å². The Hall–Kier alpha value is -1.59. The number of ether oxygens (including phenoxy) is 1. The largest absolute Gasteiger partial charge is 0.508 e. The first-order chi connectivity index (χ1) is 9.56. The predicted molar refractivity (Wildman–Crippen MR) is 76.4 cm³/mol. The predicted octanol–water partition coefficient (Wildman–Crippen LogP) is 0.899. The minimum Gasteiger partial charge on any atom is -0.508 e. The van der Waals surface area contributed by atoms with E-state index < -0.39 is 6.04 Å². The summed E-state index contributed by atoms with van der Waals surface area (Å²) in [5.41, 5.74) is 6.97. The lowest BCUT2D eigenvalue weighted by molar-refractivity contribution is -0.133. The van der Waals surface area contributed by atoms with Crippen LogP contribution in [0, 0.1) is 0 Å². The number of carbonyl (C=O) groups excluding carboxylic acids is 1. The van der Waals surface area contributed by atoms with E-state index in [1.165, 1.54) is 0 Å². The number of nitrogens with zero attached hydrogens (tertiary/aromatic N) is 1. The molecule has 1 amide bonds. The highest BCUT2D eigenvalue weighted by Crippen LogP contribution is 2.13. The molecule has 1 heterocycles. The fourth-order valence-electron chi connectivity index (χ4n) is 2.40. The SMILES string of the molecule is CC1CN(C(=O)[C@H](N)Cc2ccc(O)cc2)CCCO1. The van der Waals surface area contributed by atoms with Crippen LogP contribution in [0.4, 0.5) is 0 Å². The second-order valence-electron chi connectivity index (χ2n) is 5.30. The molecule has 2 rings (SSSR count). The van der Waals surface area contributed by atoms with Gasteiger partial charge in [0, 0.05) is 19.7 Å². The summed E-state index contributed by atoms with van der Waals surface area (Å²) in [5, 5.41) is 9.24. The summed E-state index contributed by atoms with van der Waals surface area (Å²) < 4.78 is 5.53. The third-order valence-corrected chi connectivity index (χ3v) is 3.47.